The number of aromatic nitrogens is 3. The Morgan fingerprint density at radius 2 is 1.29 bits per heavy atom. The Hall–Kier alpha value is -5.36. The van der Waals surface area contributed by atoms with E-state index in [4.69, 9.17) is 9.97 Å². The van der Waals surface area contributed by atoms with Crippen molar-refractivity contribution < 1.29 is 0 Å². The minimum absolute atomic E-state index is 0.203. The normalized spacial score (nSPS) is 13.8. The van der Waals surface area contributed by atoms with E-state index >= 15 is 0 Å². The van der Waals surface area contributed by atoms with Crippen molar-refractivity contribution in [3.05, 3.63) is 139 Å². The molecule has 5 heteroatoms. The summed E-state index contributed by atoms with van der Waals surface area (Å²) in [6.07, 6.45) is 0. The molecule has 0 spiro atoms. The summed E-state index contributed by atoms with van der Waals surface area (Å²) >= 11 is 3.71. The molecule has 11 rings (SSSR count). The van der Waals surface area contributed by atoms with Crippen LogP contribution in [0.5, 0.6) is 0 Å². The van der Waals surface area contributed by atoms with Gasteiger partial charge in [0.25, 0.3) is 0 Å². The highest BCUT2D eigenvalue weighted by molar-refractivity contribution is 7.26. The molecule has 10 aromatic rings. The molecular formula is C43H27N3S2. The van der Waals surface area contributed by atoms with Crippen molar-refractivity contribution in [1.29, 1.82) is 0 Å². The number of para-hydroxylation sites is 2. The van der Waals surface area contributed by atoms with Gasteiger partial charge < -0.3 is 4.57 Å². The molecule has 0 unspecified atom stereocenters. The minimum atomic E-state index is -0.203. The van der Waals surface area contributed by atoms with Crippen LogP contribution in [0.3, 0.4) is 0 Å². The van der Waals surface area contributed by atoms with Crippen molar-refractivity contribution in [3.63, 3.8) is 0 Å². The van der Waals surface area contributed by atoms with Crippen LogP contribution in [-0.4, -0.2) is 14.5 Å². The first-order valence-corrected chi connectivity index (χ1v) is 18.0. The van der Waals surface area contributed by atoms with Gasteiger partial charge in [-0.15, -0.1) is 22.7 Å². The summed E-state index contributed by atoms with van der Waals surface area (Å²) in [7, 11) is 0. The van der Waals surface area contributed by atoms with Gasteiger partial charge in [-0.3, -0.25) is 0 Å². The molecule has 4 aromatic heterocycles. The van der Waals surface area contributed by atoms with Crippen molar-refractivity contribution in [2.75, 3.05) is 0 Å². The van der Waals surface area contributed by atoms with Crippen LogP contribution in [0.25, 0.3) is 90.6 Å². The lowest BCUT2D eigenvalue weighted by molar-refractivity contribution is 0.630. The molecule has 3 nitrogen and oxygen atoms in total. The van der Waals surface area contributed by atoms with Crippen LogP contribution >= 0.6 is 22.7 Å². The van der Waals surface area contributed by atoms with Crippen LogP contribution in [0.2, 0.25) is 0 Å². The summed E-state index contributed by atoms with van der Waals surface area (Å²) in [5, 5.41) is 7.64. The van der Waals surface area contributed by atoms with Gasteiger partial charge in [0.2, 0.25) is 0 Å². The predicted molar refractivity (Wildman–Crippen MR) is 205 cm³/mol. The van der Waals surface area contributed by atoms with E-state index in [-0.39, 0.29) is 5.41 Å². The monoisotopic (exact) mass is 649 g/mol. The van der Waals surface area contributed by atoms with E-state index < -0.39 is 0 Å². The fraction of sp³-hybridized carbons (Fsp3) is 0.0698. The van der Waals surface area contributed by atoms with Gasteiger partial charge >= 0.3 is 0 Å². The Labute approximate surface area is 284 Å². The lowest BCUT2D eigenvalue weighted by Crippen LogP contribution is -2.26. The van der Waals surface area contributed by atoms with Crippen LogP contribution in [0.1, 0.15) is 25.0 Å². The van der Waals surface area contributed by atoms with Crippen LogP contribution < -0.4 is 0 Å². The summed E-state index contributed by atoms with van der Waals surface area (Å²) in [5.41, 5.74) is 9.17. The number of hydrogen-bond donors (Lipinski definition) is 0. The van der Waals surface area contributed by atoms with E-state index in [0.717, 1.165) is 33.5 Å². The van der Waals surface area contributed by atoms with E-state index in [2.05, 4.69) is 146 Å². The first kappa shape index (κ1) is 26.7. The Bertz CT molecular complexity index is 2990. The van der Waals surface area contributed by atoms with Crippen LogP contribution in [0, 0.1) is 0 Å². The van der Waals surface area contributed by atoms with Gasteiger partial charge in [-0.05, 0) is 47.5 Å². The highest BCUT2D eigenvalue weighted by Gasteiger charge is 2.36. The van der Waals surface area contributed by atoms with Crippen molar-refractivity contribution in [2.24, 2.45) is 0 Å². The Kier molecular flexibility index (Phi) is 5.21. The number of thiophene rings is 2. The molecule has 48 heavy (non-hydrogen) atoms. The molecule has 0 saturated heterocycles. The smallest absolute Gasteiger partial charge is 0.161 e. The SMILES string of the molecule is CC1(C)c2cc(-c3nc(-c4cccc5c4sc4ccccc45)nc4ccccc34)ccc2-n2c3sc4ccccc4c3c3cccc1c32. The molecule has 0 radical (unpaired) electrons. The molecule has 0 bridgehead atoms. The molecular weight excluding hydrogens is 623 g/mol. The van der Waals surface area contributed by atoms with E-state index in [9.17, 15) is 0 Å². The third-order valence-electron chi connectivity index (χ3n) is 10.4. The van der Waals surface area contributed by atoms with Gasteiger partial charge in [0, 0.05) is 63.0 Å². The molecule has 1 aliphatic rings. The maximum Gasteiger partial charge on any atom is 0.161 e. The molecule has 0 amide bonds. The molecule has 1 aliphatic heterocycles. The standard InChI is InChI=1S/C43H27N3S2/c1-43(2)31-17-10-15-29-37-28-13-5-8-20-36(28)48-42(37)46(39(29)31)34-22-21-24(23-32(34)43)38-27-12-3-6-18-33(27)44-41(45-38)30-16-9-14-26-25-11-4-7-19-35(25)47-40(26)30/h3-23H,1-2H3. The predicted octanol–water partition coefficient (Wildman–Crippen LogP) is 12.3. The van der Waals surface area contributed by atoms with Gasteiger partial charge in [0.05, 0.1) is 22.4 Å². The van der Waals surface area contributed by atoms with Gasteiger partial charge in [-0.1, -0.05) is 105 Å². The zero-order valence-corrected chi connectivity index (χ0v) is 27.9. The van der Waals surface area contributed by atoms with E-state index in [1.54, 1.807) is 0 Å². The van der Waals surface area contributed by atoms with Crippen molar-refractivity contribution in [3.8, 4) is 28.3 Å². The topological polar surface area (TPSA) is 30.7 Å². The fourth-order valence-electron chi connectivity index (χ4n) is 8.14. The third kappa shape index (κ3) is 3.42. The van der Waals surface area contributed by atoms with Crippen LogP contribution in [-0.2, 0) is 5.41 Å². The lowest BCUT2D eigenvalue weighted by Gasteiger charge is -2.35. The van der Waals surface area contributed by atoms with E-state index in [1.807, 2.05) is 22.7 Å². The highest BCUT2D eigenvalue weighted by atomic mass is 32.1. The molecule has 226 valence electrons. The maximum absolute atomic E-state index is 5.40. The average molecular weight is 650 g/mol. The van der Waals surface area contributed by atoms with Gasteiger partial charge in [0.15, 0.2) is 5.82 Å². The molecule has 0 N–H and O–H groups in total. The second kappa shape index (κ2) is 9.38. The van der Waals surface area contributed by atoms with Gasteiger partial charge in [-0.2, -0.15) is 0 Å². The van der Waals surface area contributed by atoms with Gasteiger partial charge in [0.1, 0.15) is 4.83 Å². The Balaban J connectivity index is 1.18. The number of fused-ring (bicyclic) bond motifs is 11. The number of rotatable bonds is 2. The van der Waals surface area contributed by atoms with E-state index in [1.165, 1.54) is 68.2 Å². The highest BCUT2D eigenvalue weighted by Crippen LogP contribution is 2.51. The second-order valence-electron chi connectivity index (χ2n) is 13.4. The zero-order valence-electron chi connectivity index (χ0n) is 26.3. The molecule has 0 saturated carbocycles. The van der Waals surface area contributed by atoms with Crippen molar-refractivity contribution in [1.82, 2.24) is 14.5 Å². The maximum atomic E-state index is 5.40. The number of benzene rings is 6. The second-order valence-corrected chi connectivity index (χ2v) is 15.4. The molecule has 0 aliphatic carbocycles. The quantitative estimate of drug-likeness (QED) is 0.187. The van der Waals surface area contributed by atoms with E-state index in [0.29, 0.717) is 0 Å². The van der Waals surface area contributed by atoms with Crippen molar-refractivity contribution >= 4 is 85.0 Å². The molecule has 5 heterocycles. The van der Waals surface area contributed by atoms with Crippen molar-refractivity contribution in [2.45, 2.75) is 19.3 Å². The lowest BCUT2D eigenvalue weighted by atomic mass is 9.74. The Morgan fingerprint density at radius 1 is 0.583 bits per heavy atom. The zero-order chi connectivity index (χ0) is 31.7. The molecule has 6 aromatic carbocycles. The number of hydrogen-bond acceptors (Lipinski definition) is 4. The summed E-state index contributed by atoms with van der Waals surface area (Å²) in [6.45, 7) is 4.75. The van der Waals surface area contributed by atoms with Crippen LogP contribution in [0.15, 0.2) is 127 Å². The van der Waals surface area contributed by atoms with Crippen LogP contribution in [0.4, 0.5) is 0 Å². The summed E-state index contributed by atoms with van der Waals surface area (Å²) in [6, 6.07) is 46.3. The first-order valence-electron chi connectivity index (χ1n) is 16.3. The Morgan fingerprint density at radius 3 is 2.17 bits per heavy atom. The summed E-state index contributed by atoms with van der Waals surface area (Å²) in [5.74, 6) is 0.766. The average Bonchev–Trinajstić information content (AvgIpc) is 3.79. The largest absolute Gasteiger partial charge is 0.300 e. The summed E-state index contributed by atoms with van der Waals surface area (Å²) < 4.78 is 6.37. The van der Waals surface area contributed by atoms with Gasteiger partial charge in [-0.25, -0.2) is 9.97 Å². The molecule has 0 atom stereocenters. The first-order chi connectivity index (χ1) is 23.6. The minimum Gasteiger partial charge on any atom is -0.300 e. The third-order valence-corrected chi connectivity index (χ3v) is 12.8. The number of nitrogens with zero attached hydrogens (tertiary/aromatic N) is 3. The summed E-state index contributed by atoms with van der Waals surface area (Å²) in [4.78, 5) is 11.9. The molecule has 0 fully saturated rings. The fourth-order valence-corrected chi connectivity index (χ4v) is 10.6.